The first-order chi connectivity index (χ1) is 13.7. The van der Waals surface area contributed by atoms with E-state index < -0.39 is 0 Å². The minimum absolute atomic E-state index is 0.0931. The summed E-state index contributed by atoms with van der Waals surface area (Å²) in [6, 6.07) is 14.0. The Morgan fingerprint density at radius 3 is 2.79 bits per heavy atom. The van der Waals surface area contributed by atoms with Crippen molar-refractivity contribution in [1.82, 2.24) is 14.9 Å². The van der Waals surface area contributed by atoms with Crippen LogP contribution < -0.4 is 0 Å². The Hall–Kier alpha value is -3.31. The first-order valence-electron chi connectivity index (χ1n) is 9.27. The summed E-state index contributed by atoms with van der Waals surface area (Å²) in [5, 5.41) is 2.06. The van der Waals surface area contributed by atoms with E-state index in [-0.39, 0.29) is 12.2 Å². The number of nitrogens with zero attached hydrogens (tertiary/aromatic N) is 3. The van der Waals surface area contributed by atoms with Gasteiger partial charge in [-0.2, -0.15) is 0 Å². The van der Waals surface area contributed by atoms with E-state index in [0.717, 1.165) is 46.4 Å². The molecule has 1 aliphatic rings. The number of pyridine rings is 1. The van der Waals surface area contributed by atoms with Crippen molar-refractivity contribution in [3.05, 3.63) is 83.6 Å². The van der Waals surface area contributed by atoms with E-state index in [1.165, 1.54) is 17.5 Å². The number of Topliss-reactive ketones (excluding diaryl/α,β-unsaturated/α-hetero) is 1. The molecule has 0 N–H and O–H groups in total. The number of carbonyl (C=O) groups excluding carboxylic acids is 1. The molecule has 0 aliphatic carbocycles. The van der Waals surface area contributed by atoms with Crippen LogP contribution in [0.2, 0.25) is 0 Å². The number of hydrogen-bond acceptors (Lipinski definition) is 5. The van der Waals surface area contributed by atoms with E-state index in [1.807, 2.05) is 42.6 Å². The van der Waals surface area contributed by atoms with Crippen molar-refractivity contribution in [3.8, 4) is 11.3 Å². The molecule has 0 amide bonds. The Morgan fingerprint density at radius 1 is 1.04 bits per heavy atom. The van der Waals surface area contributed by atoms with Crippen LogP contribution in [-0.2, 0) is 19.5 Å². The van der Waals surface area contributed by atoms with Crippen LogP contribution in [0.5, 0.6) is 0 Å². The maximum atomic E-state index is 12.8. The lowest BCUT2D eigenvalue weighted by Crippen LogP contribution is -2.07. The third kappa shape index (κ3) is 3.10. The van der Waals surface area contributed by atoms with E-state index >= 15 is 0 Å². The van der Waals surface area contributed by atoms with Gasteiger partial charge in [0.1, 0.15) is 0 Å². The number of oxazole rings is 1. The molecule has 0 spiro atoms. The average molecular weight is 369 g/mol. The van der Waals surface area contributed by atoms with Gasteiger partial charge in [-0.3, -0.25) is 14.7 Å². The number of carbonyl (C=O) groups is 1. The summed E-state index contributed by atoms with van der Waals surface area (Å²) in [5.74, 6) is 0.815. The zero-order valence-corrected chi connectivity index (χ0v) is 15.6. The maximum absolute atomic E-state index is 12.8. The molecule has 0 atom stereocenters. The van der Waals surface area contributed by atoms with E-state index in [2.05, 4.69) is 28.0 Å². The Balaban J connectivity index is 1.42. The van der Waals surface area contributed by atoms with Gasteiger partial charge in [0.05, 0.1) is 12.6 Å². The monoisotopic (exact) mass is 369 g/mol. The molecule has 0 radical (unpaired) electrons. The number of fused-ring (bicyclic) bond motifs is 2. The second-order valence-corrected chi connectivity index (χ2v) is 7.36. The van der Waals surface area contributed by atoms with Gasteiger partial charge >= 0.3 is 0 Å². The molecule has 2 aromatic carbocycles. The second-order valence-electron chi connectivity index (χ2n) is 7.36. The molecular formula is C23H19N3O2. The van der Waals surface area contributed by atoms with Crippen molar-refractivity contribution in [2.45, 2.75) is 19.5 Å². The Morgan fingerprint density at radius 2 is 1.93 bits per heavy atom. The van der Waals surface area contributed by atoms with Crippen LogP contribution in [0.15, 0.2) is 65.7 Å². The molecule has 0 fully saturated rings. The van der Waals surface area contributed by atoms with E-state index in [1.54, 1.807) is 6.20 Å². The minimum Gasteiger partial charge on any atom is -0.444 e. The van der Waals surface area contributed by atoms with Gasteiger partial charge in [0, 0.05) is 41.5 Å². The van der Waals surface area contributed by atoms with Crippen LogP contribution in [0.1, 0.15) is 27.2 Å². The van der Waals surface area contributed by atoms with Gasteiger partial charge < -0.3 is 4.42 Å². The van der Waals surface area contributed by atoms with Crippen LogP contribution in [0.3, 0.4) is 0 Å². The molecule has 0 bridgehead atoms. The number of ketones is 1. The third-order valence-electron chi connectivity index (χ3n) is 5.25. The molecule has 5 rings (SSSR count). The summed E-state index contributed by atoms with van der Waals surface area (Å²) in [6.45, 7) is 1.85. The Labute approximate surface area is 162 Å². The highest BCUT2D eigenvalue weighted by atomic mass is 16.3. The second kappa shape index (κ2) is 6.69. The lowest BCUT2D eigenvalue weighted by molar-refractivity contribution is 0.0992. The fraction of sp³-hybridized carbons (Fsp3) is 0.174. The van der Waals surface area contributed by atoms with Crippen molar-refractivity contribution >= 4 is 16.6 Å². The predicted molar refractivity (Wildman–Crippen MR) is 107 cm³/mol. The highest BCUT2D eigenvalue weighted by molar-refractivity contribution is 5.98. The topological polar surface area (TPSA) is 59.2 Å². The van der Waals surface area contributed by atoms with Gasteiger partial charge in [-0.05, 0) is 41.8 Å². The maximum Gasteiger partial charge on any atom is 0.181 e. The molecule has 5 heteroatoms. The van der Waals surface area contributed by atoms with Gasteiger partial charge in [0.25, 0.3) is 0 Å². The minimum atomic E-state index is 0.0931. The summed E-state index contributed by atoms with van der Waals surface area (Å²) in [5.41, 5.74) is 5.03. The summed E-state index contributed by atoms with van der Waals surface area (Å²) in [4.78, 5) is 23.5. The molecule has 4 aromatic rings. The molecule has 0 unspecified atom stereocenters. The lowest BCUT2D eigenvalue weighted by Gasteiger charge is -2.06. The van der Waals surface area contributed by atoms with Gasteiger partial charge in [0.2, 0.25) is 0 Å². The SMILES string of the molecule is CN1Cc2ccc(C(=O)Cc3cc4cc(-c5cnco5)ccc4cn3)cc2C1. The summed E-state index contributed by atoms with van der Waals surface area (Å²) in [6.07, 6.45) is 5.22. The number of aromatic nitrogens is 2. The molecule has 1 aliphatic heterocycles. The summed E-state index contributed by atoms with van der Waals surface area (Å²) >= 11 is 0. The molecule has 0 saturated carbocycles. The third-order valence-corrected chi connectivity index (χ3v) is 5.25. The highest BCUT2D eigenvalue weighted by Crippen LogP contribution is 2.25. The average Bonchev–Trinajstić information content (AvgIpc) is 3.35. The molecule has 3 heterocycles. The lowest BCUT2D eigenvalue weighted by atomic mass is 10.00. The van der Waals surface area contributed by atoms with Crippen LogP contribution in [0, 0.1) is 0 Å². The van der Waals surface area contributed by atoms with Crippen LogP contribution in [0.25, 0.3) is 22.1 Å². The first kappa shape index (κ1) is 16.8. The van der Waals surface area contributed by atoms with Crippen molar-refractivity contribution < 1.29 is 9.21 Å². The number of rotatable bonds is 4. The molecule has 28 heavy (non-hydrogen) atoms. The van der Waals surface area contributed by atoms with Crippen molar-refractivity contribution in [1.29, 1.82) is 0 Å². The normalized spacial score (nSPS) is 13.8. The quantitative estimate of drug-likeness (QED) is 0.503. The predicted octanol–water partition coefficient (Wildman–Crippen LogP) is 4.26. The fourth-order valence-corrected chi connectivity index (χ4v) is 3.80. The highest BCUT2D eigenvalue weighted by Gasteiger charge is 2.18. The van der Waals surface area contributed by atoms with Gasteiger partial charge in [-0.25, -0.2) is 4.98 Å². The zero-order valence-electron chi connectivity index (χ0n) is 15.6. The first-order valence-corrected chi connectivity index (χ1v) is 9.27. The standard InChI is InChI=1S/C23H19N3O2/c1-26-12-18-5-2-15(6-20(18)13-26)22(27)9-21-8-19-7-16(23-11-24-14-28-23)3-4-17(19)10-25-21/h2-8,10-11,14H,9,12-13H2,1H3. The van der Waals surface area contributed by atoms with Crippen molar-refractivity contribution in [2.24, 2.45) is 0 Å². The van der Waals surface area contributed by atoms with E-state index in [9.17, 15) is 4.79 Å². The smallest absolute Gasteiger partial charge is 0.181 e. The molecule has 5 nitrogen and oxygen atoms in total. The fourth-order valence-electron chi connectivity index (χ4n) is 3.80. The largest absolute Gasteiger partial charge is 0.444 e. The van der Waals surface area contributed by atoms with Gasteiger partial charge in [0.15, 0.2) is 17.9 Å². The Bertz CT molecular complexity index is 1180. The Kier molecular flexibility index (Phi) is 4.02. The summed E-state index contributed by atoms with van der Waals surface area (Å²) in [7, 11) is 2.09. The molecule has 0 saturated heterocycles. The summed E-state index contributed by atoms with van der Waals surface area (Å²) < 4.78 is 5.38. The van der Waals surface area contributed by atoms with Crippen LogP contribution in [-0.4, -0.2) is 27.7 Å². The number of hydrogen-bond donors (Lipinski definition) is 0. The van der Waals surface area contributed by atoms with E-state index in [0.29, 0.717) is 0 Å². The number of benzene rings is 2. The van der Waals surface area contributed by atoms with E-state index in [4.69, 9.17) is 4.42 Å². The zero-order chi connectivity index (χ0) is 19.1. The van der Waals surface area contributed by atoms with Crippen LogP contribution >= 0.6 is 0 Å². The molecular weight excluding hydrogens is 350 g/mol. The molecule has 2 aromatic heterocycles. The molecule has 138 valence electrons. The van der Waals surface area contributed by atoms with Crippen molar-refractivity contribution in [2.75, 3.05) is 7.05 Å². The van der Waals surface area contributed by atoms with Gasteiger partial charge in [-0.15, -0.1) is 0 Å². The van der Waals surface area contributed by atoms with Crippen molar-refractivity contribution in [3.63, 3.8) is 0 Å². The van der Waals surface area contributed by atoms with Gasteiger partial charge in [-0.1, -0.05) is 24.3 Å². The van der Waals surface area contributed by atoms with Crippen LogP contribution in [0.4, 0.5) is 0 Å².